The number of aliphatic hydroxyl groups is 2. The zero-order valence-corrected chi connectivity index (χ0v) is 16.5. The lowest BCUT2D eigenvalue weighted by molar-refractivity contribution is -0.125. The van der Waals surface area contributed by atoms with E-state index in [4.69, 9.17) is 4.74 Å². The first-order chi connectivity index (χ1) is 14.3. The summed E-state index contributed by atoms with van der Waals surface area (Å²) in [5.74, 6) is -1.05. The Morgan fingerprint density at radius 2 is 1.60 bits per heavy atom. The van der Waals surface area contributed by atoms with Crippen LogP contribution in [0.25, 0.3) is 0 Å². The third-order valence-electron chi connectivity index (χ3n) is 5.03. The predicted octanol–water partition coefficient (Wildman–Crippen LogP) is 1.06. The zero-order chi connectivity index (χ0) is 21.7. The molecule has 2 aromatic carbocycles. The van der Waals surface area contributed by atoms with E-state index in [1.54, 1.807) is 24.3 Å². The van der Waals surface area contributed by atoms with Crippen molar-refractivity contribution in [2.75, 3.05) is 6.54 Å². The highest BCUT2D eigenvalue weighted by Gasteiger charge is 2.43. The van der Waals surface area contributed by atoms with Crippen LogP contribution in [0.3, 0.4) is 0 Å². The van der Waals surface area contributed by atoms with E-state index in [0.717, 1.165) is 11.1 Å². The maximum absolute atomic E-state index is 12.9. The van der Waals surface area contributed by atoms with Gasteiger partial charge in [-0.2, -0.15) is 0 Å². The molecule has 4 unspecified atom stereocenters. The second-order valence-electron chi connectivity index (χ2n) is 7.38. The fourth-order valence-electron chi connectivity index (χ4n) is 3.22. The second-order valence-corrected chi connectivity index (χ2v) is 7.38. The number of halogens is 1. The summed E-state index contributed by atoms with van der Waals surface area (Å²) in [6, 6.07) is 12.8. The number of ether oxygens (including phenoxy) is 1. The molecule has 1 saturated heterocycles. The first kappa shape index (κ1) is 21.9. The Hall–Kier alpha value is -2.81. The number of carbonyl (C=O) groups is 2. The van der Waals surface area contributed by atoms with Crippen molar-refractivity contribution < 1.29 is 28.9 Å². The van der Waals surface area contributed by atoms with Crippen molar-refractivity contribution >= 4 is 11.8 Å². The van der Waals surface area contributed by atoms with Crippen LogP contribution < -0.4 is 10.6 Å². The summed E-state index contributed by atoms with van der Waals surface area (Å²) in [6.07, 6.45) is -4.35. The number of amides is 2. The highest BCUT2D eigenvalue weighted by atomic mass is 19.1. The molecule has 7 nitrogen and oxygen atoms in total. The van der Waals surface area contributed by atoms with E-state index in [1.165, 1.54) is 12.1 Å². The van der Waals surface area contributed by atoms with Crippen LogP contribution in [0.4, 0.5) is 4.39 Å². The van der Waals surface area contributed by atoms with Gasteiger partial charge in [0.15, 0.2) is 0 Å². The van der Waals surface area contributed by atoms with Gasteiger partial charge in [-0.3, -0.25) is 9.59 Å². The molecule has 3 rings (SSSR count). The molecule has 0 aromatic heterocycles. The van der Waals surface area contributed by atoms with Crippen LogP contribution in [0.1, 0.15) is 27.9 Å². The van der Waals surface area contributed by atoms with E-state index in [-0.39, 0.29) is 37.1 Å². The van der Waals surface area contributed by atoms with Crippen LogP contribution in [0.5, 0.6) is 0 Å². The minimum atomic E-state index is -1.25. The van der Waals surface area contributed by atoms with Gasteiger partial charge in [-0.05, 0) is 36.8 Å². The summed E-state index contributed by atoms with van der Waals surface area (Å²) < 4.78 is 18.5. The van der Waals surface area contributed by atoms with Crippen LogP contribution in [0, 0.1) is 12.7 Å². The molecule has 0 saturated carbocycles. The number of aliphatic hydroxyl groups excluding tert-OH is 2. The van der Waals surface area contributed by atoms with Gasteiger partial charge in [0, 0.05) is 18.7 Å². The Bertz CT molecular complexity index is 872. The lowest BCUT2D eigenvalue weighted by Gasteiger charge is -2.15. The number of hydrogen-bond donors (Lipinski definition) is 4. The quantitative estimate of drug-likeness (QED) is 0.540. The Labute approximate surface area is 173 Å². The van der Waals surface area contributed by atoms with Gasteiger partial charge in [0.2, 0.25) is 5.91 Å². The minimum Gasteiger partial charge on any atom is -0.388 e. The number of rotatable bonds is 7. The molecule has 0 bridgehead atoms. The summed E-state index contributed by atoms with van der Waals surface area (Å²) in [5.41, 5.74) is 2.24. The van der Waals surface area contributed by atoms with Crippen LogP contribution in [-0.2, 0) is 16.1 Å². The monoisotopic (exact) mass is 416 g/mol. The normalized spacial score (nSPS) is 23.2. The zero-order valence-electron chi connectivity index (χ0n) is 16.5. The molecule has 2 amide bonds. The molecule has 0 aliphatic carbocycles. The number of benzene rings is 2. The summed E-state index contributed by atoms with van der Waals surface area (Å²) in [7, 11) is 0. The lowest BCUT2D eigenvalue weighted by Crippen LogP contribution is -2.40. The largest absolute Gasteiger partial charge is 0.388 e. The van der Waals surface area contributed by atoms with Gasteiger partial charge in [-0.1, -0.05) is 29.8 Å². The SMILES string of the molecule is Cc1ccc(C(=O)NCC2OC(CC(=O)NCc3ccc(F)cc3)C(O)C2O)cc1. The molecule has 1 aliphatic heterocycles. The topological polar surface area (TPSA) is 108 Å². The standard InChI is InChI=1S/C22H25FN2O5/c1-13-2-6-15(7-3-13)22(29)25-12-18-21(28)20(27)17(30-18)10-19(26)24-11-14-4-8-16(23)9-5-14/h2-9,17-18,20-21,27-28H,10-12H2,1H3,(H,24,26)(H,25,29). The van der Waals surface area contributed by atoms with Gasteiger partial charge in [-0.15, -0.1) is 0 Å². The Balaban J connectivity index is 1.46. The highest BCUT2D eigenvalue weighted by Crippen LogP contribution is 2.23. The van der Waals surface area contributed by atoms with Gasteiger partial charge in [-0.25, -0.2) is 4.39 Å². The summed E-state index contributed by atoms with van der Waals surface area (Å²) in [6.45, 7) is 2.13. The van der Waals surface area contributed by atoms with Gasteiger partial charge >= 0.3 is 0 Å². The van der Waals surface area contributed by atoms with Gasteiger partial charge in [0.1, 0.15) is 24.1 Å². The van der Waals surface area contributed by atoms with Gasteiger partial charge < -0.3 is 25.6 Å². The van der Waals surface area contributed by atoms with E-state index < -0.39 is 24.4 Å². The molecule has 8 heteroatoms. The van der Waals surface area contributed by atoms with Crippen molar-refractivity contribution in [3.63, 3.8) is 0 Å². The van der Waals surface area contributed by atoms with Crippen molar-refractivity contribution in [3.05, 3.63) is 71.0 Å². The number of aryl methyl sites for hydroxylation is 1. The Morgan fingerprint density at radius 3 is 2.27 bits per heavy atom. The molecule has 0 radical (unpaired) electrons. The van der Waals surface area contributed by atoms with Crippen LogP contribution in [0.2, 0.25) is 0 Å². The first-order valence-corrected chi connectivity index (χ1v) is 9.71. The Kier molecular flexibility index (Phi) is 7.15. The van der Waals surface area contributed by atoms with Crippen LogP contribution >= 0.6 is 0 Å². The van der Waals surface area contributed by atoms with Crippen molar-refractivity contribution in [1.82, 2.24) is 10.6 Å². The maximum Gasteiger partial charge on any atom is 0.251 e. The number of carbonyl (C=O) groups excluding carboxylic acids is 2. The summed E-state index contributed by atoms with van der Waals surface area (Å²) in [4.78, 5) is 24.4. The second kappa shape index (κ2) is 9.80. The van der Waals surface area contributed by atoms with Crippen LogP contribution in [-0.4, -0.2) is 53.0 Å². The fourth-order valence-corrected chi connectivity index (χ4v) is 3.22. The number of hydrogen-bond acceptors (Lipinski definition) is 5. The van der Waals surface area contributed by atoms with Crippen molar-refractivity contribution in [3.8, 4) is 0 Å². The predicted molar refractivity (Wildman–Crippen MR) is 107 cm³/mol. The van der Waals surface area contributed by atoms with Crippen molar-refractivity contribution in [2.45, 2.75) is 44.3 Å². The third-order valence-corrected chi connectivity index (χ3v) is 5.03. The van der Waals surface area contributed by atoms with E-state index in [2.05, 4.69) is 10.6 Å². The molecule has 30 heavy (non-hydrogen) atoms. The lowest BCUT2D eigenvalue weighted by atomic mass is 10.1. The van der Waals surface area contributed by atoms with E-state index in [9.17, 15) is 24.2 Å². The molecule has 4 atom stereocenters. The minimum absolute atomic E-state index is 0.00135. The van der Waals surface area contributed by atoms with Gasteiger partial charge in [0.25, 0.3) is 5.91 Å². The van der Waals surface area contributed by atoms with E-state index >= 15 is 0 Å². The molecule has 0 spiro atoms. The van der Waals surface area contributed by atoms with Crippen molar-refractivity contribution in [2.24, 2.45) is 0 Å². The highest BCUT2D eigenvalue weighted by molar-refractivity contribution is 5.94. The molecule has 160 valence electrons. The average Bonchev–Trinajstić information content (AvgIpc) is 3.00. The fraction of sp³-hybridized carbons (Fsp3) is 0.364. The summed E-state index contributed by atoms with van der Waals surface area (Å²) in [5, 5.41) is 25.7. The Morgan fingerprint density at radius 1 is 0.967 bits per heavy atom. The van der Waals surface area contributed by atoms with Gasteiger partial charge in [0.05, 0.1) is 12.5 Å². The van der Waals surface area contributed by atoms with Crippen LogP contribution in [0.15, 0.2) is 48.5 Å². The molecule has 2 aromatic rings. The third kappa shape index (κ3) is 5.63. The molecular formula is C22H25FN2O5. The molecule has 4 N–H and O–H groups in total. The molecule has 1 heterocycles. The molecular weight excluding hydrogens is 391 g/mol. The summed E-state index contributed by atoms with van der Waals surface area (Å²) >= 11 is 0. The molecule has 1 fully saturated rings. The van der Waals surface area contributed by atoms with E-state index in [0.29, 0.717) is 5.56 Å². The average molecular weight is 416 g/mol. The smallest absolute Gasteiger partial charge is 0.251 e. The van der Waals surface area contributed by atoms with Crippen molar-refractivity contribution in [1.29, 1.82) is 0 Å². The molecule has 1 aliphatic rings. The van der Waals surface area contributed by atoms with E-state index in [1.807, 2.05) is 19.1 Å². The number of nitrogens with one attached hydrogen (secondary N) is 2. The maximum atomic E-state index is 12.9. The first-order valence-electron chi connectivity index (χ1n) is 9.71.